The maximum Gasteiger partial charge on any atom is 0.356 e. The smallest absolute Gasteiger partial charge is 0.356 e. The number of aromatic nitrogens is 1. The van der Waals surface area contributed by atoms with Crippen LogP contribution in [0.1, 0.15) is 93.1 Å². The van der Waals surface area contributed by atoms with Gasteiger partial charge < -0.3 is 9.47 Å². The summed E-state index contributed by atoms with van der Waals surface area (Å²) in [4.78, 5) is 28.2. The number of hydrogen-bond donors (Lipinski definition) is 0. The molecule has 1 unspecified atom stereocenters. The summed E-state index contributed by atoms with van der Waals surface area (Å²) in [6.45, 7) is 6.99. The Morgan fingerprint density at radius 3 is 2.12 bits per heavy atom. The Bertz CT molecular complexity index is 545. The molecule has 5 heteroatoms. The molecule has 0 radical (unpaired) electrons. The molecule has 1 rings (SSSR count). The minimum absolute atomic E-state index is 0.138. The molecule has 0 bridgehead atoms. The van der Waals surface area contributed by atoms with Gasteiger partial charge in [-0.3, -0.25) is 0 Å². The quantitative estimate of drug-likeness (QED) is 0.356. The Balaban J connectivity index is 2.34. The van der Waals surface area contributed by atoms with Gasteiger partial charge in [-0.15, -0.1) is 0 Å². The van der Waals surface area contributed by atoms with Crippen molar-refractivity contribution < 1.29 is 19.1 Å². The molecule has 1 heterocycles. The first-order chi connectivity index (χ1) is 12.6. The van der Waals surface area contributed by atoms with Crippen LogP contribution in [0.5, 0.6) is 0 Å². The van der Waals surface area contributed by atoms with Crippen LogP contribution in [0, 0.1) is 5.92 Å². The second-order valence-electron chi connectivity index (χ2n) is 6.78. The van der Waals surface area contributed by atoms with Crippen LogP contribution in [0.15, 0.2) is 18.2 Å². The lowest BCUT2D eigenvalue weighted by molar-refractivity contribution is 0.0438. The highest BCUT2D eigenvalue weighted by Crippen LogP contribution is 2.09. The average Bonchev–Trinajstić information content (AvgIpc) is 2.67. The topological polar surface area (TPSA) is 65.5 Å². The van der Waals surface area contributed by atoms with E-state index in [2.05, 4.69) is 11.9 Å². The summed E-state index contributed by atoms with van der Waals surface area (Å²) in [5.41, 5.74) is 0.282. The van der Waals surface area contributed by atoms with Gasteiger partial charge in [0.1, 0.15) is 11.4 Å². The maximum absolute atomic E-state index is 12.1. The molecule has 146 valence electrons. The number of hydrogen-bond acceptors (Lipinski definition) is 5. The number of pyridine rings is 1. The van der Waals surface area contributed by atoms with E-state index in [4.69, 9.17) is 9.47 Å². The van der Waals surface area contributed by atoms with E-state index in [0.717, 1.165) is 19.3 Å². The first-order valence-electron chi connectivity index (χ1n) is 9.89. The van der Waals surface area contributed by atoms with Crippen molar-refractivity contribution in [3.8, 4) is 0 Å². The number of rotatable bonds is 13. The fraction of sp³-hybridized carbons (Fsp3) is 0.667. The molecule has 1 atom stereocenters. The molecule has 5 nitrogen and oxygen atoms in total. The van der Waals surface area contributed by atoms with E-state index in [1.165, 1.54) is 32.1 Å². The SMILES string of the molecule is CCCCCCCCCOC(=O)c1cccc(C(=O)OCC(C)CC)n1. The summed E-state index contributed by atoms with van der Waals surface area (Å²) in [5, 5.41) is 0. The van der Waals surface area contributed by atoms with Gasteiger partial charge in [0.15, 0.2) is 0 Å². The number of ether oxygens (including phenoxy) is 2. The standard InChI is InChI=1S/C21H33NO4/c1-4-6-7-8-9-10-11-15-25-20(23)18-13-12-14-19(22-18)21(24)26-16-17(3)5-2/h12-14,17H,4-11,15-16H2,1-3H3. The van der Waals surface area contributed by atoms with Crippen LogP contribution in [0.4, 0.5) is 0 Å². The van der Waals surface area contributed by atoms with Gasteiger partial charge in [-0.05, 0) is 24.5 Å². The number of carbonyl (C=O) groups is 2. The van der Waals surface area contributed by atoms with Crippen LogP contribution in [-0.2, 0) is 9.47 Å². The van der Waals surface area contributed by atoms with Crippen LogP contribution in [0.3, 0.4) is 0 Å². The average molecular weight is 363 g/mol. The van der Waals surface area contributed by atoms with E-state index in [1.54, 1.807) is 18.2 Å². The third-order valence-electron chi connectivity index (χ3n) is 4.34. The zero-order valence-corrected chi connectivity index (χ0v) is 16.5. The van der Waals surface area contributed by atoms with Gasteiger partial charge in [-0.25, -0.2) is 14.6 Å². The highest BCUT2D eigenvalue weighted by molar-refractivity contribution is 5.91. The highest BCUT2D eigenvalue weighted by atomic mass is 16.5. The molecule has 0 aromatic carbocycles. The van der Waals surface area contributed by atoms with Gasteiger partial charge in [0.05, 0.1) is 13.2 Å². The number of esters is 2. The van der Waals surface area contributed by atoms with Crippen LogP contribution in [-0.4, -0.2) is 30.1 Å². The molecular weight excluding hydrogens is 330 g/mol. The Morgan fingerprint density at radius 2 is 1.50 bits per heavy atom. The summed E-state index contributed by atoms with van der Waals surface area (Å²) in [6, 6.07) is 4.72. The van der Waals surface area contributed by atoms with Crippen LogP contribution >= 0.6 is 0 Å². The summed E-state index contributed by atoms with van der Waals surface area (Å²) in [7, 11) is 0. The predicted octanol–water partition coefficient (Wildman–Crippen LogP) is 5.19. The zero-order valence-electron chi connectivity index (χ0n) is 16.5. The molecule has 0 fully saturated rings. The lowest BCUT2D eigenvalue weighted by Crippen LogP contribution is -2.15. The molecule has 0 spiro atoms. The molecule has 0 aliphatic rings. The van der Waals surface area contributed by atoms with Crippen LogP contribution in [0.25, 0.3) is 0 Å². The fourth-order valence-electron chi connectivity index (χ4n) is 2.37. The van der Waals surface area contributed by atoms with E-state index in [9.17, 15) is 9.59 Å². The predicted molar refractivity (Wildman–Crippen MR) is 102 cm³/mol. The Kier molecular flexibility index (Phi) is 11.3. The fourth-order valence-corrected chi connectivity index (χ4v) is 2.37. The third-order valence-corrected chi connectivity index (χ3v) is 4.34. The summed E-state index contributed by atoms with van der Waals surface area (Å²) < 4.78 is 10.5. The lowest BCUT2D eigenvalue weighted by atomic mass is 10.1. The maximum atomic E-state index is 12.1. The van der Waals surface area contributed by atoms with Crippen molar-refractivity contribution in [2.75, 3.05) is 13.2 Å². The van der Waals surface area contributed by atoms with E-state index in [-0.39, 0.29) is 11.4 Å². The zero-order chi connectivity index (χ0) is 19.2. The summed E-state index contributed by atoms with van der Waals surface area (Å²) in [6.07, 6.45) is 9.08. The summed E-state index contributed by atoms with van der Waals surface area (Å²) in [5.74, 6) is -0.700. The first kappa shape index (κ1) is 22.1. The van der Waals surface area contributed by atoms with E-state index in [1.807, 2.05) is 13.8 Å². The monoisotopic (exact) mass is 363 g/mol. The van der Waals surface area contributed by atoms with Crippen molar-refractivity contribution in [1.29, 1.82) is 0 Å². The molecule has 0 aliphatic heterocycles. The minimum Gasteiger partial charge on any atom is -0.461 e. The molecule has 26 heavy (non-hydrogen) atoms. The molecule has 0 saturated heterocycles. The van der Waals surface area contributed by atoms with Gasteiger partial charge in [0.25, 0.3) is 0 Å². The normalized spacial score (nSPS) is 11.8. The number of unbranched alkanes of at least 4 members (excludes halogenated alkanes) is 6. The third kappa shape index (κ3) is 8.97. The molecular formula is C21H33NO4. The highest BCUT2D eigenvalue weighted by Gasteiger charge is 2.15. The molecule has 0 N–H and O–H groups in total. The summed E-state index contributed by atoms with van der Waals surface area (Å²) >= 11 is 0. The Labute approximate surface area is 157 Å². The van der Waals surface area contributed by atoms with Crippen molar-refractivity contribution in [2.45, 2.75) is 72.1 Å². The van der Waals surface area contributed by atoms with Gasteiger partial charge >= 0.3 is 11.9 Å². The minimum atomic E-state index is -0.507. The largest absolute Gasteiger partial charge is 0.461 e. The van der Waals surface area contributed by atoms with Crippen molar-refractivity contribution >= 4 is 11.9 Å². The van der Waals surface area contributed by atoms with Crippen molar-refractivity contribution in [3.63, 3.8) is 0 Å². The molecule has 0 saturated carbocycles. The number of carbonyl (C=O) groups excluding carboxylic acids is 2. The van der Waals surface area contributed by atoms with Gasteiger partial charge in [-0.1, -0.05) is 71.8 Å². The van der Waals surface area contributed by atoms with Crippen molar-refractivity contribution in [1.82, 2.24) is 4.98 Å². The molecule has 0 aliphatic carbocycles. The van der Waals surface area contributed by atoms with Gasteiger partial charge in [0.2, 0.25) is 0 Å². The Hall–Kier alpha value is -1.91. The second-order valence-corrected chi connectivity index (χ2v) is 6.78. The lowest BCUT2D eigenvalue weighted by Gasteiger charge is -2.09. The first-order valence-corrected chi connectivity index (χ1v) is 9.89. The van der Waals surface area contributed by atoms with E-state index in [0.29, 0.717) is 19.1 Å². The molecule has 1 aromatic rings. The molecule has 0 amide bonds. The van der Waals surface area contributed by atoms with Gasteiger partial charge in [0, 0.05) is 0 Å². The number of nitrogens with zero attached hydrogens (tertiary/aromatic N) is 1. The molecule has 1 aromatic heterocycles. The van der Waals surface area contributed by atoms with Crippen molar-refractivity contribution in [3.05, 3.63) is 29.6 Å². The van der Waals surface area contributed by atoms with Crippen molar-refractivity contribution in [2.24, 2.45) is 5.92 Å². The van der Waals surface area contributed by atoms with Gasteiger partial charge in [-0.2, -0.15) is 0 Å². The van der Waals surface area contributed by atoms with Crippen LogP contribution in [0.2, 0.25) is 0 Å². The van der Waals surface area contributed by atoms with E-state index >= 15 is 0 Å². The Morgan fingerprint density at radius 1 is 0.923 bits per heavy atom. The van der Waals surface area contributed by atoms with E-state index < -0.39 is 11.9 Å². The van der Waals surface area contributed by atoms with Crippen LogP contribution < -0.4 is 0 Å². The second kappa shape index (κ2) is 13.3.